The van der Waals surface area contributed by atoms with Crippen LogP contribution in [0.2, 0.25) is 0 Å². The maximum Gasteiger partial charge on any atom is 0.167 e. The van der Waals surface area contributed by atoms with Gasteiger partial charge < -0.3 is 9.47 Å². The van der Waals surface area contributed by atoms with Gasteiger partial charge in [-0.25, -0.2) is 13.2 Å². The lowest BCUT2D eigenvalue weighted by Crippen LogP contribution is -2.09. The molecule has 2 nitrogen and oxygen atoms in total. The first-order valence-corrected chi connectivity index (χ1v) is 11.5. The van der Waals surface area contributed by atoms with Gasteiger partial charge in [-0.2, -0.15) is 0 Å². The summed E-state index contributed by atoms with van der Waals surface area (Å²) in [6.07, 6.45) is 6.82. The molecule has 1 aliphatic heterocycles. The van der Waals surface area contributed by atoms with Crippen LogP contribution in [0.4, 0.5) is 13.2 Å². The number of rotatable bonds is 7. The maximum absolute atomic E-state index is 14.8. The molecule has 0 bridgehead atoms. The number of hydrogen-bond donors (Lipinski definition) is 0. The summed E-state index contributed by atoms with van der Waals surface area (Å²) < 4.78 is 54.7. The molecule has 0 aromatic heterocycles. The number of benzene rings is 3. The minimum atomic E-state index is -0.901. The van der Waals surface area contributed by atoms with Crippen LogP contribution in [0.5, 0.6) is 5.75 Å². The van der Waals surface area contributed by atoms with Crippen LogP contribution in [0.15, 0.2) is 78.9 Å². The molecule has 1 saturated heterocycles. The van der Waals surface area contributed by atoms with Crippen molar-refractivity contribution in [3.63, 3.8) is 0 Å². The summed E-state index contributed by atoms with van der Waals surface area (Å²) >= 11 is 0. The Kier molecular flexibility index (Phi) is 6.29. The Morgan fingerprint density at radius 1 is 0.941 bits per heavy atom. The highest BCUT2D eigenvalue weighted by Gasteiger charge is 2.30. The maximum atomic E-state index is 14.8. The zero-order valence-corrected chi connectivity index (χ0v) is 18.7. The van der Waals surface area contributed by atoms with Gasteiger partial charge in [-0.15, -0.1) is 6.58 Å². The molecule has 0 spiro atoms. The fourth-order valence-corrected chi connectivity index (χ4v) is 4.34. The van der Waals surface area contributed by atoms with Crippen molar-refractivity contribution in [3.05, 3.63) is 102 Å². The molecule has 1 heterocycles. The van der Waals surface area contributed by atoms with E-state index in [1.54, 1.807) is 48.5 Å². The number of epoxide rings is 1. The molecule has 0 amide bonds. The van der Waals surface area contributed by atoms with E-state index in [0.29, 0.717) is 41.6 Å². The highest BCUT2D eigenvalue weighted by Crippen LogP contribution is 2.36. The van der Waals surface area contributed by atoms with Gasteiger partial charge in [0, 0.05) is 22.8 Å². The van der Waals surface area contributed by atoms with Crippen molar-refractivity contribution in [2.75, 3.05) is 13.2 Å². The molecule has 3 aromatic rings. The van der Waals surface area contributed by atoms with Crippen LogP contribution in [0.3, 0.4) is 0 Å². The van der Waals surface area contributed by atoms with Crippen LogP contribution in [0, 0.1) is 23.4 Å². The Hall–Kier alpha value is -3.31. The van der Waals surface area contributed by atoms with E-state index in [1.165, 1.54) is 11.6 Å². The van der Waals surface area contributed by atoms with Crippen molar-refractivity contribution in [3.8, 4) is 28.0 Å². The Balaban J connectivity index is 1.29. The zero-order valence-electron chi connectivity index (χ0n) is 18.7. The average Bonchev–Trinajstić information content (AvgIpc) is 3.70. The minimum Gasteiger partial charge on any atom is -0.489 e. The van der Waals surface area contributed by atoms with Crippen molar-refractivity contribution in [2.45, 2.75) is 25.4 Å². The van der Waals surface area contributed by atoms with Crippen LogP contribution in [0.1, 0.15) is 30.9 Å². The molecule has 0 saturated carbocycles. The summed E-state index contributed by atoms with van der Waals surface area (Å²) in [6.45, 7) is 4.71. The third kappa shape index (κ3) is 4.66. The molecule has 5 heteroatoms. The summed E-state index contributed by atoms with van der Waals surface area (Å²) in [6, 6.07) is 14.6. The summed E-state index contributed by atoms with van der Waals surface area (Å²) in [7, 11) is 0. The third-order valence-corrected chi connectivity index (χ3v) is 6.54. The van der Waals surface area contributed by atoms with Gasteiger partial charge in [0.15, 0.2) is 11.6 Å². The number of allylic oxidation sites excluding steroid dienone is 2. The van der Waals surface area contributed by atoms with E-state index in [4.69, 9.17) is 9.47 Å². The Labute approximate surface area is 197 Å². The number of halogens is 3. The standard InChI is InChI=1S/C29H25F3O2/c1-2-18-3-5-19(6-4-18)16-33-22-11-12-23(26(30)15-22)20-7-9-21(10-8-20)24-13-14-25(27-17-34-27)29(32)28(24)31/h2,5,7-15,18,27H,1,3-4,6,16-17H2. The molecule has 174 valence electrons. The van der Waals surface area contributed by atoms with Gasteiger partial charge in [0.05, 0.1) is 6.61 Å². The van der Waals surface area contributed by atoms with Crippen molar-refractivity contribution in [2.24, 2.45) is 5.92 Å². The topological polar surface area (TPSA) is 21.8 Å². The monoisotopic (exact) mass is 462 g/mol. The van der Waals surface area contributed by atoms with Crippen LogP contribution in [-0.4, -0.2) is 13.2 Å². The molecule has 3 aromatic carbocycles. The second kappa shape index (κ2) is 9.51. The molecule has 5 rings (SSSR count). The highest BCUT2D eigenvalue weighted by atomic mass is 19.2. The third-order valence-electron chi connectivity index (χ3n) is 6.54. The van der Waals surface area contributed by atoms with Crippen molar-refractivity contribution >= 4 is 0 Å². The first kappa shape index (κ1) is 22.5. The minimum absolute atomic E-state index is 0.161. The van der Waals surface area contributed by atoms with Crippen molar-refractivity contribution < 1.29 is 22.6 Å². The lowest BCUT2D eigenvalue weighted by molar-refractivity contribution is 0.338. The average molecular weight is 463 g/mol. The summed E-state index contributed by atoms with van der Waals surface area (Å²) in [4.78, 5) is 0. The van der Waals surface area contributed by atoms with E-state index in [-0.39, 0.29) is 17.2 Å². The molecular formula is C29H25F3O2. The van der Waals surface area contributed by atoms with Gasteiger partial charge in [-0.1, -0.05) is 48.6 Å². The van der Waals surface area contributed by atoms with Gasteiger partial charge in [0.2, 0.25) is 0 Å². The first-order valence-electron chi connectivity index (χ1n) is 11.5. The molecule has 0 radical (unpaired) electrons. The number of ether oxygens (including phenoxy) is 2. The van der Waals surface area contributed by atoms with Gasteiger partial charge in [0.25, 0.3) is 0 Å². The highest BCUT2D eigenvalue weighted by molar-refractivity contribution is 5.71. The molecule has 2 aliphatic rings. The van der Waals surface area contributed by atoms with Gasteiger partial charge >= 0.3 is 0 Å². The fourth-order valence-electron chi connectivity index (χ4n) is 4.34. The molecule has 0 N–H and O–H groups in total. The van der Waals surface area contributed by atoms with Crippen LogP contribution in [0.25, 0.3) is 22.3 Å². The van der Waals surface area contributed by atoms with Gasteiger partial charge in [0.1, 0.15) is 24.3 Å². The van der Waals surface area contributed by atoms with E-state index < -0.39 is 17.5 Å². The second-order valence-electron chi connectivity index (χ2n) is 8.79. The van der Waals surface area contributed by atoms with Crippen molar-refractivity contribution in [1.29, 1.82) is 0 Å². The quantitative estimate of drug-likeness (QED) is 0.264. The van der Waals surface area contributed by atoms with Crippen molar-refractivity contribution in [1.82, 2.24) is 0 Å². The zero-order chi connectivity index (χ0) is 23.7. The van der Waals surface area contributed by atoms with Crippen LogP contribution < -0.4 is 4.74 Å². The molecule has 34 heavy (non-hydrogen) atoms. The first-order chi connectivity index (χ1) is 16.5. The van der Waals surface area contributed by atoms with E-state index in [9.17, 15) is 13.2 Å². The van der Waals surface area contributed by atoms with Crippen LogP contribution >= 0.6 is 0 Å². The van der Waals surface area contributed by atoms with Gasteiger partial charge in [-0.3, -0.25) is 0 Å². The van der Waals surface area contributed by atoms with Gasteiger partial charge in [-0.05, 0) is 54.0 Å². The summed E-state index contributed by atoms with van der Waals surface area (Å²) in [5, 5.41) is 0. The van der Waals surface area contributed by atoms with E-state index in [0.717, 1.165) is 19.3 Å². The van der Waals surface area contributed by atoms with E-state index in [1.807, 2.05) is 6.08 Å². The molecular weight excluding hydrogens is 437 g/mol. The smallest absolute Gasteiger partial charge is 0.167 e. The fraction of sp³-hybridized carbons (Fsp3) is 0.241. The SMILES string of the molecule is C=CC1CC=C(COc2ccc(-c3ccc(-c4ccc(C5CO5)c(F)c4F)cc3)c(F)c2)CC1. The van der Waals surface area contributed by atoms with E-state index in [2.05, 4.69) is 12.7 Å². The molecule has 1 aliphatic carbocycles. The van der Waals surface area contributed by atoms with E-state index >= 15 is 0 Å². The second-order valence-corrected chi connectivity index (χ2v) is 8.79. The Morgan fingerprint density at radius 3 is 2.26 bits per heavy atom. The largest absolute Gasteiger partial charge is 0.489 e. The normalized spacial score (nSPS) is 19.4. The molecule has 2 unspecified atom stereocenters. The lowest BCUT2D eigenvalue weighted by Gasteiger charge is -2.19. The predicted molar refractivity (Wildman–Crippen MR) is 127 cm³/mol. The molecule has 1 fully saturated rings. The summed E-state index contributed by atoms with van der Waals surface area (Å²) in [5.74, 6) is -1.18. The summed E-state index contributed by atoms with van der Waals surface area (Å²) in [5.41, 5.74) is 3.19. The molecule has 2 atom stereocenters. The Bertz CT molecular complexity index is 1240. The number of hydrogen-bond acceptors (Lipinski definition) is 2. The Morgan fingerprint density at radius 2 is 1.65 bits per heavy atom. The van der Waals surface area contributed by atoms with Crippen LogP contribution in [-0.2, 0) is 4.74 Å². The predicted octanol–water partition coefficient (Wildman–Crippen LogP) is 7.80. The lowest BCUT2D eigenvalue weighted by atomic mass is 9.90.